The van der Waals surface area contributed by atoms with E-state index in [0.29, 0.717) is 0 Å². The van der Waals surface area contributed by atoms with Gasteiger partial charge in [0, 0.05) is 4.91 Å². The fourth-order valence-electron chi connectivity index (χ4n) is 1.88. The molecule has 88 valence electrons. The van der Waals surface area contributed by atoms with Gasteiger partial charge in [0.1, 0.15) is 12.1 Å². The molecule has 0 aromatic heterocycles. The Morgan fingerprint density at radius 1 is 1.50 bits per heavy atom. The van der Waals surface area contributed by atoms with Crippen molar-refractivity contribution in [3.8, 4) is 0 Å². The first-order chi connectivity index (χ1) is 7.44. The minimum atomic E-state index is -1.22. The van der Waals surface area contributed by atoms with E-state index in [9.17, 15) is 4.79 Å². The first-order valence-electron chi connectivity index (χ1n) is 4.73. The number of ether oxygens (including phenoxy) is 3. The third-order valence-corrected chi connectivity index (χ3v) is 2.44. The Balaban J connectivity index is 2.23. The van der Waals surface area contributed by atoms with E-state index in [0.717, 1.165) is 0 Å². The first kappa shape index (κ1) is 11.2. The molecule has 2 rings (SSSR count). The Morgan fingerprint density at radius 2 is 2.19 bits per heavy atom. The molecule has 1 N–H and O–H groups in total. The zero-order valence-corrected chi connectivity index (χ0v) is 8.73. The number of carboxylic acids is 1. The summed E-state index contributed by atoms with van der Waals surface area (Å²) in [5.74, 6) is -2.06. The topological polar surface area (TPSA) is 114 Å². The Labute approximate surface area is 90.7 Å². The lowest BCUT2D eigenvalue weighted by atomic mass is 10.1. The van der Waals surface area contributed by atoms with Crippen molar-refractivity contribution >= 4 is 5.97 Å². The molecule has 2 heterocycles. The molecular formula is C8H11N3O5. The van der Waals surface area contributed by atoms with Crippen molar-refractivity contribution in [2.75, 3.05) is 0 Å². The molecule has 0 aliphatic carbocycles. The van der Waals surface area contributed by atoms with Gasteiger partial charge in [-0.3, -0.25) is 0 Å². The van der Waals surface area contributed by atoms with Crippen molar-refractivity contribution in [2.24, 2.45) is 5.11 Å². The summed E-state index contributed by atoms with van der Waals surface area (Å²) in [5.41, 5.74) is 8.39. The number of carbonyl (C=O) groups is 1. The van der Waals surface area contributed by atoms with Gasteiger partial charge in [-0.05, 0) is 19.4 Å². The van der Waals surface area contributed by atoms with Crippen LogP contribution in [0.3, 0.4) is 0 Å². The van der Waals surface area contributed by atoms with Crippen LogP contribution in [0.1, 0.15) is 13.8 Å². The predicted octanol–water partition coefficient (Wildman–Crippen LogP) is 0.626. The maximum absolute atomic E-state index is 10.9. The molecule has 8 heteroatoms. The summed E-state index contributed by atoms with van der Waals surface area (Å²) in [7, 11) is 0. The van der Waals surface area contributed by atoms with E-state index in [4.69, 9.17) is 24.8 Å². The van der Waals surface area contributed by atoms with E-state index in [1.165, 1.54) is 0 Å². The van der Waals surface area contributed by atoms with Crippen LogP contribution in [0.2, 0.25) is 0 Å². The van der Waals surface area contributed by atoms with E-state index in [1.54, 1.807) is 13.8 Å². The molecular weight excluding hydrogens is 218 g/mol. The standard InChI is InChI=1S/C8H11N3O5/c1-8(2)15-5-3(10-11-9)4(6(12)13)14-7(5)16-8/h3-5,7H,1-2H3,(H,12,13)/t3-,4+,5-,7-/m1/s1. The molecule has 8 nitrogen and oxygen atoms in total. The third-order valence-electron chi connectivity index (χ3n) is 2.44. The van der Waals surface area contributed by atoms with Gasteiger partial charge in [-0.15, -0.1) is 0 Å². The van der Waals surface area contributed by atoms with E-state index in [-0.39, 0.29) is 0 Å². The molecule has 2 saturated heterocycles. The highest BCUT2D eigenvalue weighted by molar-refractivity contribution is 5.74. The van der Waals surface area contributed by atoms with Crippen LogP contribution in [0, 0.1) is 0 Å². The monoisotopic (exact) mass is 229 g/mol. The van der Waals surface area contributed by atoms with Crippen LogP contribution in [-0.2, 0) is 19.0 Å². The first-order valence-corrected chi connectivity index (χ1v) is 4.73. The molecule has 2 fully saturated rings. The van der Waals surface area contributed by atoms with Crippen molar-refractivity contribution in [1.82, 2.24) is 0 Å². The van der Waals surface area contributed by atoms with Gasteiger partial charge < -0.3 is 19.3 Å². The second kappa shape index (κ2) is 3.60. The summed E-state index contributed by atoms with van der Waals surface area (Å²) in [5, 5.41) is 12.3. The van der Waals surface area contributed by atoms with Gasteiger partial charge in [-0.25, -0.2) is 4.79 Å². The molecule has 0 saturated carbocycles. The highest BCUT2D eigenvalue weighted by Crippen LogP contribution is 2.38. The number of carboxylic acid groups (broad SMARTS) is 1. The summed E-state index contributed by atoms with van der Waals surface area (Å²) in [6.45, 7) is 3.36. The molecule has 0 unspecified atom stereocenters. The lowest BCUT2D eigenvalue weighted by Gasteiger charge is -2.21. The van der Waals surface area contributed by atoms with Gasteiger partial charge in [0.2, 0.25) is 0 Å². The quantitative estimate of drug-likeness (QED) is 0.423. The summed E-state index contributed by atoms with van der Waals surface area (Å²) in [6, 6.07) is -0.908. The predicted molar refractivity (Wildman–Crippen MR) is 49.3 cm³/mol. The Hall–Kier alpha value is -1.34. The van der Waals surface area contributed by atoms with Crippen LogP contribution in [0.4, 0.5) is 0 Å². The maximum Gasteiger partial charge on any atom is 0.333 e. The van der Waals surface area contributed by atoms with Crippen LogP contribution in [0.25, 0.3) is 10.4 Å². The summed E-state index contributed by atoms with van der Waals surface area (Å²) >= 11 is 0. The van der Waals surface area contributed by atoms with Crippen molar-refractivity contribution in [3.05, 3.63) is 10.4 Å². The van der Waals surface area contributed by atoms with Crippen molar-refractivity contribution in [3.63, 3.8) is 0 Å². The molecule has 0 aromatic carbocycles. The van der Waals surface area contributed by atoms with Gasteiger partial charge in [0.05, 0.1) is 0 Å². The lowest BCUT2D eigenvalue weighted by molar-refractivity contribution is -0.211. The molecule has 2 aliphatic rings. The lowest BCUT2D eigenvalue weighted by Crippen LogP contribution is -2.37. The number of fused-ring (bicyclic) bond motifs is 1. The summed E-state index contributed by atoms with van der Waals surface area (Å²) in [6.07, 6.45) is -2.69. The average Bonchev–Trinajstić information content (AvgIpc) is 2.60. The number of hydrogen-bond donors (Lipinski definition) is 1. The van der Waals surface area contributed by atoms with Gasteiger partial charge in [-0.1, -0.05) is 5.11 Å². The van der Waals surface area contributed by atoms with Gasteiger partial charge in [-0.2, -0.15) is 0 Å². The fourth-order valence-corrected chi connectivity index (χ4v) is 1.88. The van der Waals surface area contributed by atoms with E-state index >= 15 is 0 Å². The minimum absolute atomic E-state index is 0.674. The van der Waals surface area contributed by atoms with Crippen LogP contribution < -0.4 is 0 Å². The van der Waals surface area contributed by atoms with E-state index in [1.807, 2.05) is 0 Å². The SMILES string of the molecule is CC1(C)O[C@H]2O[C@H](C(=O)O)[C@@H](N=[N+]=[N-])[C@H]2O1. The van der Waals surface area contributed by atoms with Gasteiger partial charge >= 0.3 is 5.97 Å². The third kappa shape index (κ3) is 1.72. The molecule has 0 amide bonds. The van der Waals surface area contributed by atoms with Crippen LogP contribution in [-0.4, -0.2) is 41.4 Å². The fraction of sp³-hybridized carbons (Fsp3) is 0.875. The zero-order valence-electron chi connectivity index (χ0n) is 8.73. The number of azide groups is 1. The van der Waals surface area contributed by atoms with E-state index < -0.39 is 36.3 Å². The normalized spacial score (nSPS) is 40.1. The number of rotatable bonds is 2. The molecule has 16 heavy (non-hydrogen) atoms. The summed E-state index contributed by atoms with van der Waals surface area (Å²) < 4.78 is 15.9. The van der Waals surface area contributed by atoms with Crippen molar-refractivity contribution < 1.29 is 24.1 Å². The van der Waals surface area contributed by atoms with Crippen molar-refractivity contribution in [2.45, 2.75) is 44.2 Å². The minimum Gasteiger partial charge on any atom is -0.479 e. The van der Waals surface area contributed by atoms with Crippen molar-refractivity contribution in [1.29, 1.82) is 0 Å². The Kier molecular flexibility index (Phi) is 2.51. The van der Waals surface area contributed by atoms with E-state index in [2.05, 4.69) is 10.0 Å². The Bertz CT molecular complexity index is 365. The second-order valence-corrected chi connectivity index (χ2v) is 4.06. The molecule has 0 spiro atoms. The van der Waals surface area contributed by atoms with Crippen LogP contribution in [0.15, 0.2) is 5.11 Å². The molecule has 0 bridgehead atoms. The highest BCUT2D eigenvalue weighted by Gasteiger charge is 2.56. The highest BCUT2D eigenvalue weighted by atomic mass is 16.8. The smallest absolute Gasteiger partial charge is 0.333 e. The molecule has 4 atom stereocenters. The second-order valence-electron chi connectivity index (χ2n) is 4.06. The van der Waals surface area contributed by atoms with Crippen LogP contribution in [0.5, 0.6) is 0 Å². The van der Waals surface area contributed by atoms with Gasteiger partial charge in [0.25, 0.3) is 0 Å². The number of nitrogens with zero attached hydrogens (tertiary/aromatic N) is 3. The van der Waals surface area contributed by atoms with Gasteiger partial charge in [0.15, 0.2) is 18.2 Å². The zero-order chi connectivity index (χ0) is 11.9. The summed E-state index contributed by atoms with van der Waals surface area (Å²) in [4.78, 5) is 13.5. The molecule has 0 aromatic rings. The maximum atomic E-state index is 10.9. The Morgan fingerprint density at radius 3 is 2.75 bits per heavy atom. The molecule has 0 radical (unpaired) electrons. The van der Waals surface area contributed by atoms with Crippen LogP contribution >= 0.6 is 0 Å². The largest absolute Gasteiger partial charge is 0.479 e. The molecule has 2 aliphatic heterocycles. The number of aliphatic carboxylic acids is 1. The average molecular weight is 229 g/mol. The number of hydrogen-bond acceptors (Lipinski definition) is 5.